The largest absolute Gasteiger partial charge is 0.467 e. The van der Waals surface area contributed by atoms with Gasteiger partial charge in [-0.25, -0.2) is 4.79 Å². The molecule has 1 aliphatic carbocycles. The first-order valence-electron chi connectivity index (χ1n) is 4.25. The Morgan fingerprint density at radius 1 is 1.29 bits per heavy atom. The van der Waals surface area contributed by atoms with E-state index >= 15 is 0 Å². The third-order valence-corrected chi connectivity index (χ3v) is 2.45. The van der Waals surface area contributed by atoms with Crippen molar-refractivity contribution in [2.24, 2.45) is 0 Å². The second kappa shape index (κ2) is 3.82. The predicted molar refractivity (Wildman–Crippen MR) is 44.2 cm³/mol. The Morgan fingerprint density at radius 2 is 1.71 bits per heavy atom. The van der Waals surface area contributed by atoms with E-state index in [0.717, 1.165) is 7.11 Å². The number of hydrogen-bond acceptors (Lipinski definition) is 6. The van der Waals surface area contributed by atoms with Crippen LogP contribution < -0.4 is 0 Å². The number of methoxy groups -OCH3 is 1. The summed E-state index contributed by atoms with van der Waals surface area (Å²) in [6.07, 6.45) is -4.67. The molecule has 0 heterocycles. The maximum atomic E-state index is 11.1. The van der Waals surface area contributed by atoms with Crippen LogP contribution in [0.3, 0.4) is 0 Å². The second-order valence-corrected chi connectivity index (χ2v) is 3.56. The zero-order valence-electron chi connectivity index (χ0n) is 7.75. The molecular formula is C8H14O6. The highest BCUT2D eigenvalue weighted by Gasteiger charge is 2.49. The zero-order chi connectivity index (χ0) is 10.9. The van der Waals surface area contributed by atoms with E-state index in [9.17, 15) is 20.1 Å². The summed E-state index contributed by atoms with van der Waals surface area (Å²) in [4.78, 5) is 11.1. The van der Waals surface area contributed by atoms with Crippen LogP contribution in [0.2, 0.25) is 0 Å². The van der Waals surface area contributed by atoms with Crippen LogP contribution in [0.4, 0.5) is 0 Å². The van der Waals surface area contributed by atoms with Crippen LogP contribution in [0.25, 0.3) is 0 Å². The van der Waals surface area contributed by atoms with Gasteiger partial charge in [0.2, 0.25) is 0 Å². The van der Waals surface area contributed by atoms with Gasteiger partial charge in [0.15, 0.2) is 5.60 Å². The van der Waals surface area contributed by atoms with E-state index < -0.39 is 29.9 Å². The van der Waals surface area contributed by atoms with Crippen molar-refractivity contribution in [1.29, 1.82) is 0 Å². The van der Waals surface area contributed by atoms with Crippen molar-refractivity contribution in [2.45, 2.75) is 36.8 Å². The summed E-state index contributed by atoms with van der Waals surface area (Å²) in [7, 11) is 1.10. The van der Waals surface area contributed by atoms with Gasteiger partial charge in [-0.2, -0.15) is 0 Å². The first kappa shape index (κ1) is 11.4. The summed E-state index contributed by atoms with van der Waals surface area (Å²) >= 11 is 0. The van der Waals surface area contributed by atoms with E-state index in [-0.39, 0.29) is 12.8 Å². The molecule has 0 aliphatic heterocycles. The molecule has 6 heteroatoms. The van der Waals surface area contributed by atoms with E-state index in [1.165, 1.54) is 0 Å². The molecule has 0 aromatic carbocycles. The molecular weight excluding hydrogens is 192 g/mol. The van der Waals surface area contributed by atoms with Gasteiger partial charge in [-0.1, -0.05) is 0 Å². The second-order valence-electron chi connectivity index (χ2n) is 3.56. The molecule has 14 heavy (non-hydrogen) atoms. The Balaban J connectivity index is 2.78. The topological polar surface area (TPSA) is 107 Å². The Kier molecular flexibility index (Phi) is 3.10. The van der Waals surface area contributed by atoms with E-state index in [4.69, 9.17) is 5.11 Å². The molecule has 1 aliphatic rings. The monoisotopic (exact) mass is 206 g/mol. The van der Waals surface area contributed by atoms with Crippen LogP contribution in [-0.4, -0.2) is 57.4 Å². The predicted octanol–water partition coefficient (Wildman–Crippen LogP) is -2.23. The summed E-state index contributed by atoms with van der Waals surface area (Å²) in [5.41, 5.74) is -1.91. The molecule has 2 atom stereocenters. The van der Waals surface area contributed by atoms with Crippen molar-refractivity contribution < 1.29 is 30.0 Å². The fourth-order valence-electron chi connectivity index (χ4n) is 1.63. The highest BCUT2D eigenvalue weighted by molar-refractivity contribution is 5.79. The minimum Gasteiger partial charge on any atom is -0.467 e. The molecule has 0 unspecified atom stereocenters. The molecule has 82 valence electrons. The molecule has 0 spiro atoms. The lowest BCUT2D eigenvalue weighted by Crippen LogP contribution is -2.56. The summed E-state index contributed by atoms with van der Waals surface area (Å²) in [6, 6.07) is 0. The van der Waals surface area contributed by atoms with Crippen LogP contribution in [0, 0.1) is 0 Å². The van der Waals surface area contributed by atoms with Gasteiger partial charge in [0.1, 0.15) is 6.10 Å². The molecule has 0 aromatic heterocycles. The molecule has 6 nitrogen and oxygen atoms in total. The lowest BCUT2D eigenvalue weighted by molar-refractivity contribution is -0.189. The molecule has 0 saturated heterocycles. The molecule has 0 radical (unpaired) electrons. The van der Waals surface area contributed by atoms with Gasteiger partial charge in [-0.05, 0) is 0 Å². The Hall–Kier alpha value is -0.690. The molecule has 1 saturated carbocycles. The van der Waals surface area contributed by atoms with Crippen molar-refractivity contribution >= 4 is 5.97 Å². The van der Waals surface area contributed by atoms with E-state index in [1.807, 2.05) is 0 Å². The fourth-order valence-corrected chi connectivity index (χ4v) is 1.63. The lowest BCUT2D eigenvalue weighted by Gasteiger charge is -2.38. The van der Waals surface area contributed by atoms with Crippen molar-refractivity contribution in [3.63, 3.8) is 0 Å². The van der Waals surface area contributed by atoms with Gasteiger partial charge < -0.3 is 25.2 Å². The number of ether oxygens (including phenoxy) is 1. The van der Waals surface area contributed by atoms with Gasteiger partial charge >= 0.3 is 5.97 Å². The van der Waals surface area contributed by atoms with Crippen LogP contribution in [0.1, 0.15) is 12.8 Å². The third kappa shape index (κ3) is 1.88. The van der Waals surface area contributed by atoms with Crippen LogP contribution >= 0.6 is 0 Å². The minimum atomic E-state index is -1.91. The zero-order valence-corrected chi connectivity index (χ0v) is 7.75. The highest BCUT2D eigenvalue weighted by atomic mass is 16.5. The van der Waals surface area contributed by atoms with Gasteiger partial charge in [0.05, 0.1) is 19.3 Å². The molecule has 0 amide bonds. The van der Waals surface area contributed by atoms with E-state index in [0.29, 0.717) is 0 Å². The molecule has 1 rings (SSSR count). The highest BCUT2D eigenvalue weighted by Crippen LogP contribution is 2.30. The van der Waals surface area contributed by atoms with Crippen molar-refractivity contribution in [3.8, 4) is 0 Å². The molecule has 0 bridgehead atoms. The van der Waals surface area contributed by atoms with Gasteiger partial charge in [0, 0.05) is 12.8 Å². The van der Waals surface area contributed by atoms with Crippen molar-refractivity contribution in [1.82, 2.24) is 0 Å². The number of carbonyl (C=O) groups excluding carboxylic acids is 1. The quantitative estimate of drug-likeness (QED) is 0.362. The summed E-state index contributed by atoms with van der Waals surface area (Å²) in [5, 5.41) is 37.4. The van der Waals surface area contributed by atoms with Crippen LogP contribution in [0.5, 0.6) is 0 Å². The standard InChI is InChI=1S/C8H14O6/c1-14-7(12)8(13)2-4(9)6(11)5(10)3-8/h4-6,9-11,13H,2-3H2,1H3/t4-,5-,6?,8?/m0/s1. The number of esters is 1. The first-order chi connectivity index (χ1) is 6.40. The van der Waals surface area contributed by atoms with E-state index in [2.05, 4.69) is 4.74 Å². The Bertz CT molecular complexity index is 216. The molecule has 4 N–H and O–H groups in total. The van der Waals surface area contributed by atoms with Gasteiger partial charge in [-0.15, -0.1) is 0 Å². The number of carbonyl (C=O) groups is 1. The smallest absolute Gasteiger partial charge is 0.338 e. The van der Waals surface area contributed by atoms with Gasteiger partial charge in [-0.3, -0.25) is 0 Å². The fraction of sp³-hybridized carbons (Fsp3) is 0.875. The van der Waals surface area contributed by atoms with Crippen LogP contribution in [-0.2, 0) is 9.53 Å². The van der Waals surface area contributed by atoms with E-state index in [1.54, 1.807) is 0 Å². The number of rotatable bonds is 1. The summed E-state index contributed by atoms with van der Waals surface area (Å²) in [5.74, 6) is -0.914. The number of aliphatic hydroxyl groups is 4. The summed E-state index contributed by atoms with van der Waals surface area (Å²) in [6.45, 7) is 0. The molecule has 1 fully saturated rings. The lowest BCUT2D eigenvalue weighted by atomic mass is 9.80. The first-order valence-corrected chi connectivity index (χ1v) is 4.25. The molecule has 0 aromatic rings. The normalized spacial score (nSPS) is 43.4. The third-order valence-electron chi connectivity index (χ3n) is 2.45. The maximum absolute atomic E-state index is 11.1. The van der Waals surface area contributed by atoms with Crippen molar-refractivity contribution in [2.75, 3.05) is 7.11 Å². The Labute approximate surface area is 80.7 Å². The van der Waals surface area contributed by atoms with Crippen LogP contribution in [0.15, 0.2) is 0 Å². The van der Waals surface area contributed by atoms with Crippen molar-refractivity contribution in [3.05, 3.63) is 0 Å². The number of aliphatic hydroxyl groups excluding tert-OH is 3. The average Bonchev–Trinajstić information content (AvgIpc) is 2.12. The Morgan fingerprint density at radius 3 is 2.07 bits per heavy atom. The minimum absolute atomic E-state index is 0.335. The summed E-state index contributed by atoms with van der Waals surface area (Å²) < 4.78 is 4.33. The SMILES string of the molecule is COC(=O)C1(O)C[C@H](O)C(O)[C@@H](O)C1. The van der Waals surface area contributed by atoms with Gasteiger partial charge in [0.25, 0.3) is 0 Å². The average molecular weight is 206 g/mol. The number of hydrogen-bond donors (Lipinski definition) is 4. The maximum Gasteiger partial charge on any atom is 0.338 e.